The van der Waals surface area contributed by atoms with Crippen molar-refractivity contribution in [2.24, 2.45) is 0 Å². The molecule has 1 aromatic carbocycles. The number of hydrogen-bond acceptors (Lipinski definition) is 3. The van der Waals surface area contributed by atoms with Crippen LogP contribution in [-0.4, -0.2) is 28.7 Å². The van der Waals surface area contributed by atoms with Crippen LogP contribution in [-0.2, 0) is 9.59 Å². The number of benzene rings is 1. The lowest BCUT2D eigenvalue weighted by Gasteiger charge is -2.12. The Kier molecular flexibility index (Phi) is 3.75. The van der Waals surface area contributed by atoms with Crippen LogP contribution in [0.15, 0.2) is 35.2 Å². The maximum absolute atomic E-state index is 11.0. The van der Waals surface area contributed by atoms with Gasteiger partial charge in [-0.2, -0.15) is 0 Å². The lowest BCUT2D eigenvalue weighted by molar-refractivity contribution is -0.140. The van der Waals surface area contributed by atoms with Crippen LogP contribution in [0.2, 0.25) is 0 Å². The number of carboxylic acid groups (broad SMARTS) is 1. The van der Waals surface area contributed by atoms with Crippen molar-refractivity contribution < 1.29 is 17.4 Å². The summed E-state index contributed by atoms with van der Waals surface area (Å²) in [4.78, 5) is 22.5. The van der Waals surface area contributed by atoms with E-state index in [-0.39, 0.29) is 0 Å². The van der Waals surface area contributed by atoms with E-state index in [9.17, 15) is 9.59 Å². The Balaban J connectivity index is 2.88. The molecule has 0 aliphatic heterocycles. The van der Waals surface area contributed by atoms with E-state index in [0.717, 1.165) is 18.7 Å². The highest BCUT2D eigenvalue weighted by Gasteiger charge is 2.18. The number of carboxylic acids is 1. The van der Waals surface area contributed by atoms with Crippen LogP contribution in [0.3, 0.4) is 0 Å². The Morgan fingerprint density at radius 2 is 2.12 bits per heavy atom. The first-order valence-corrected chi connectivity index (χ1v) is 5.38. The molecule has 1 amide bonds. The van der Waals surface area contributed by atoms with Gasteiger partial charge in [-0.3, -0.25) is 4.79 Å². The number of thioether (sulfide) groups is 1. The van der Waals surface area contributed by atoms with Crippen LogP contribution in [0.4, 0.5) is 0 Å². The van der Waals surface area contributed by atoms with Gasteiger partial charge in [0.2, 0.25) is 5.91 Å². The number of rotatable bonds is 5. The average molecular weight is 241 g/mol. The highest BCUT2D eigenvalue weighted by molar-refractivity contribution is 7.99. The summed E-state index contributed by atoms with van der Waals surface area (Å²) in [6.45, 7) is 1.15. The second-order valence-corrected chi connectivity index (χ2v) is 3.92. The molecule has 0 aliphatic carbocycles. The number of aliphatic carboxylic acids is 1. The Bertz CT molecular complexity index is 439. The fraction of sp³-hybridized carbons (Fsp3) is 0.273. The Labute approximate surface area is 101 Å². The molecule has 0 saturated heterocycles. The number of carbonyl (C=O) groups excluding carboxylic acids is 1. The molecule has 0 saturated carbocycles. The lowest BCUT2D eigenvalue weighted by Crippen LogP contribution is -2.41. The molecule has 1 atom stereocenters. The van der Waals surface area contributed by atoms with Gasteiger partial charge in [-0.05, 0) is 12.1 Å². The predicted octanol–water partition coefficient (Wildman–Crippen LogP) is 1.37. The second-order valence-electron chi connectivity index (χ2n) is 3.00. The fourth-order valence-corrected chi connectivity index (χ4v) is 1.67. The van der Waals surface area contributed by atoms with E-state index >= 15 is 0 Å². The summed E-state index contributed by atoms with van der Waals surface area (Å²) in [5.41, 5.74) is -2.14. The summed E-state index contributed by atoms with van der Waals surface area (Å²) < 4.78 is 15.6. The molecule has 0 aliphatic rings. The van der Waals surface area contributed by atoms with Crippen molar-refractivity contribution in [3.63, 3.8) is 0 Å². The molecule has 0 radical (unpaired) electrons. The molecule has 4 nitrogen and oxygen atoms in total. The number of amides is 1. The van der Waals surface area contributed by atoms with Gasteiger partial charge >= 0.3 is 5.97 Å². The van der Waals surface area contributed by atoms with E-state index in [0.29, 0.717) is 4.90 Å². The molecule has 1 aromatic rings. The molecule has 0 fully saturated rings. The van der Waals surface area contributed by atoms with Crippen LogP contribution in [0.25, 0.3) is 0 Å². The number of hydrogen-bond donors (Lipinski definition) is 2. The minimum absolute atomic E-state index is 0.583. The molecule has 0 aromatic heterocycles. The van der Waals surface area contributed by atoms with E-state index in [1.165, 1.54) is 0 Å². The lowest BCUT2D eigenvalue weighted by atomic mass is 10.3. The van der Waals surface area contributed by atoms with E-state index < -0.39 is 23.6 Å². The van der Waals surface area contributed by atoms with Crippen LogP contribution in [0.5, 0.6) is 0 Å². The first-order valence-electron chi connectivity index (χ1n) is 5.57. The summed E-state index contributed by atoms with van der Waals surface area (Å²) >= 11 is 0.762. The molecule has 0 spiro atoms. The minimum atomic E-state index is -2.14. The molecular weight excluding hydrogens is 226 g/mol. The zero-order valence-corrected chi connectivity index (χ0v) is 9.45. The SMILES string of the molecule is [2H]C([2H])(Sc1ccccc1)C(NC(C)=O)C(=O)O. The van der Waals surface area contributed by atoms with Crippen molar-refractivity contribution in [2.45, 2.75) is 17.9 Å². The van der Waals surface area contributed by atoms with Gasteiger partial charge in [0.25, 0.3) is 0 Å². The standard InChI is InChI=1S/C11H13NO3S/c1-8(13)12-10(11(14)15)7-16-9-5-3-2-4-6-9/h2-6,10H,7H2,1H3,(H,12,13)(H,14,15)/i7D2. The van der Waals surface area contributed by atoms with Crippen LogP contribution < -0.4 is 5.32 Å². The Hall–Kier alpha value is -1.49. The summed E-state index contributed by atoms with van der Waals surface area (Å²) in [6.07, 6.45) is 0. The van der Waals surface area contributed by atoms with Crippen molar-refractivity contribution in [1.82, 2.24) is 5.32 Å². The third-order valence-electron chi connectivity index (χ3n) is 1.63. The quantitative estimate of drug-likeness (QED) is 0.764. The third kappa shape index (κ3) is 4.35. The largest absolute Gasteiger partial charge is 0.480 e. The number of nitrogens with one attached hydrogen (secondary N) is 1. The molecule has 0 bridgehead atoms. The Morgan fingerprint density at radius 3 is 2.62 bits per heavy atom. The summed E-state index contributed by atoms with van der Waals surface area (Å²) in [5, 5.41) is 11.1. The second kappa shape index (κ2) is 6.17. The molecule has 16 heavy (non-hydrogen) atoms. The monoisotopic (exact) mass is 241 g/mol. The smallest absolute Gasteiger partial charge is 0.327 e. The zero-order valence-electron chi connectivity index (χ0n) is 10.6. The van der Waals surface area contributed by atoms with Crippen molar-refractivity contribution >= 4 is 23.6 Å². The van der Waals surface area contributed by atoms with Crippen LogP contribution >= 0.6 is 11.8 Å². The highest BCUT2D eigenvalue weighted by atomic mass is 32.2. The molecule has 1 rings (SSSR count). The summed E-state index contributed by atoms with van der Waals surface area (Å²) in [6, 6.07) is 6.99. The van der Waals surface area contributed by atoms with Gasteiger partial charge in [0.1, 0.15) is 6.04 Å². The van der Waals surface area contributed by atoms with Gasteiger partial charge < -0.3 is 10.4 Å². The first kappa shape index (κ1) is 9.72. The fourth-order valence-electron chi connectivity index (χ4n) is 0.960. The molecule has 2 N–H and O–H groups in total. The normalized spacial score (nSPS) is 14.6. The van der Waals surface area contributed by atoms with E-state index in [1.54, 1.807) is 30.3 Å². The van der Waals surface area contributed by atoms with E-state index in [1.807, 2.05) is 0 Å². The zero-order chi connectivity index (χ0) is 13.8. The first-order chi connectivity index (χ1) is 8.33. The Morgan fingerprint density at radius 1 is 1.50 bits per heavy atom. The number of carbonyl (C=O) groups is 2. The molecule has 0 heterocycles. The van der Waals surface area contributed by atoms with Gasteiger partial charge in [-0.15, -0.1) is 11.8 Å². The van der Waals surface area contributed by atoms with Gasteiger partial charge in [0.05, 0.1) is 0 Å². The maximum Gasteiger partial charge on any atom is 0.327 e. The van der Waals surface area contributed by atoms with E-state index in [2.05, 4.69) is 5.32 Å². The van der Waals surface area contributed by atoms with Gasteiger partial charge in [-0.25, -0.2) is 4.79 Å². The van der Waals surface area contributed by atoms with Crippen LogP contribution in [0, 0.1) is 0 Å². The molecule has 86 valence electrons. The maximum atomic E-state index is 11.0. The van der Waals surface area contributed by atoms with Gasteiger partial charge in [-0.1, -0.05) is 18.2 Å². The van der Waals surface area contributed by atoms with Crippen molar-refractivity contribution in [3.05, 3.63) is 30.3 Å². The summed E-state index contributed by atoms with van der Waals surface area (Å²) in [7, 11) is 0. The minimum Gasteiger partial charge on any atom is -0.480 e. The molecule has 5 heteroatoms. The molecule has 1 unspecified atom stereocenters. The predicted molar refractivity (Wildman–Crippen MR) is 62.4 cm³/mol. The molecular formula is C11H13NO3S. The van der Waals surface area contributed by atoms with Crippen molar-refractivity contribution in [2.75, 3.05) is 5.70 Å². The highest BCUT2D eigenvalue weighted by Crippen LogP contribution is 2.17. The van der Waals surface area contributed by atoms with Crippen molar-refractivity contribution in [3.8, 4) is 0 Å². The van der Waals surface area contributed by atoms with Gasteiger partial charge in [0, 0.05) is 20.3 Å². The summed E-state index contributed by atoms with van der Waals surface area (Å²) in [5.74, 6) is -1.99. The topological polar surface area (TPSA) is 66.4 Å². The van der Waals surface area contributed by atoms with Crippen molar-refractivity contribution in [1.29, 1.82) is 0 Å². The van der Waals surface area contributed by atoms with E-state index in [4.69, 9.17) is 7.85 Å². The van der Waals surface area contributed by atoms with Crippen LogP contribution in [0.1, 0.15) is 9.67 Å². The third-order valence-corrected chi connectivity index (χ3v) is 2.49. The van der Waals surface area contributed by atoms with Gasteiger partial charge in [0.15, 0.2) is 0 Å². The average Bonchev–Trinajstić information content (AvgIpc) is 2.26.